The van der Waals surface area contributed by atoms with E-state index in [2.05, 4.69) is 17.3 Å². The summed E-state index contributed by atoms with van der Waals surface area (Å²) in [5.74, 6) is 0.515. The Morgan fingerprint density at radius 2 is 2.08 bits per heavy atom. The Hall–Kier alpha value is -2.34. The Kier molecular flexibility index (Phi) is 5.98. The van der Waals surface area contributed by atoms with Crippen LogP contribution in [-0.4, -0.2) is 33.9 Å². The van der Waals surface area contributed by atoms with Crippen molar-refractivity contribution in [3.8, 4) is 5.75 Å². The number of nitrogens with one attached hydrogen (secondary N) is 1. The minimum Gasteiger partial charge on any atom is -0.494 e. The number of ether oxygens (including phenoxy) is 1. The maximum atomic E-state index is 12.2. The van der Waals surface area contributed by atoms with Gasteiger partial charge >= 0.3 is 0 Å². The lowest BCUT2D eigenvalue weighted by Gasteiger charge is -2.22. The molecule has 1 amide bonds. The number of aromatic nitrogens is 2. The summed E-state index contributed by atoms with van der Waals surface area (Å²) in [6.45, 7) is 4.54. The quantitative estimate of drug-likeness (QED) is 0.727. The van der Waals surface area contributed by atoms with Crippen LogP contribution in [0.2, 0.25) is 0 Å². The number of hydrogen-bond acceptors (Lipinski definition) is 4. The van der Waals surface area contributed by atoms with E-state index >= 15 is 0 Å². The highest BCUT2D eigenvalue weighted by Gasteiger charge is 2.25. The zero-order valence-electron chi connectivity index (χ0n) is 14.5. The Labute approximate surface area is 142 Å². The minimum absolute atomic E-state index is 0.103. The summed E-state index contributed by atoms with van der Waals surface area (Å²) < 4.78 is 7.19. The van der Waals surface area contributed by atoms with Crippen LogP contribution in [-0.2, 0) is 12.6 Å². The monoisotopic (exact) mass is 331 g/mol. The van der Waals surface area contributed by atoms with Gasteiger partial charge in [-0.3, -0.25) is 9.48 Å². The number of aryl methyl sites for hydroxylation is 1. The first kappa shape index (κ1) is 18.0. The van der Waals surface area contributed by atoms with Crippen molar-refractivity contribution in [3.05, 3.63) is 47.8 Å². The lowest BCUT2D eigenvalue weighted by Crippen LogP contribution is -2.38. The van der Waals surface area contributed by atoms with Gasteiger partial charge in [-0.05, 0) is 37.6 Å². The molecule has 1 aromatic carbocycles. The number of amides is 1. The Bertz CT molecular complexity index is 662. The molecule has 0 fully saturated rings. The summed E-state index contributed by atoms with van der Waals surface area (Å²) in [4.78, 5) is 12.2. The van der Waals surface area contributed by atoms with E-state index in [0.717, 1.165) is 18.6 Å². The zero-order chi connectivity index (χ0) is 17.6. The van der Waals surface area contributed by atoms with Gasteiger partial charge in [0.1, 0.15) is 11.4 Å². The SMILES string of the molecule is CCCCOc1ccc(C(=O)NCC(C)(O)c2cnn(C)c2)cc1. The van der Waals surface area contributed by atoms with Crippen LogP contribution in [0.25, 0.3) is 0 Å². The standard InChI is InChI=1S/C18H25N3O3/c1-4-5-10-24-16-8-6-14(7-9-16)17(22)19-13-18(2,23)15-11-20-21(3)12-15/h6-9,11-12,23H,4-5,10,13H2,1-3H3,(H,19,22). The molecule has 0 aliphatic heterocycles. The van der Waals surface area contributed by atoms with Gasteiger partial charge in [0, 0.05) is 24.4 Å². The fraction of sp³-hybridized carbons (Fsp3) is 0.444. The lowest BCUT2D eigenvalue weighted by atomic mass is 9.99. The van der Waals surface area contributed by atoms with Gasteiger partial charge in [0.05, 0.1) is 19.3 Å². The minimum atomic E-state index is -1.17. The number of unbranched alkanes of at least 4 members (excludes halogenated alkanes) is 1. The summed E-state index contributed by atoms with van der Waals surface area (Å²) in [7, 11) is 1.78. The van der Waals surface area contributed by atoms with Crippen molar-refractivity contribution in [2.75, 3.05) is 13.2 Å². The van der Waals surface area contributed by atoms with E-state index in [1.807, 2.05) is 0 Å². The Morgan fingerprint density at radius 1 is 1.38 bits per heavy atom. The molecule has 24 heavy (non-hydrogen) atoms. The fourth-order valence-electron chi connectivity index (χ4n) is 2.19. The topological polar surface area (TPSA) is 76.4 Å². The number of nitrogens with zero attached hydrogens (tertiary/aromatic N) is 2. The summed E-state index contributed by atoms with van der Waals surface area (Å²) in [5, 5.41) is 17.3. The smallest absolute Gasteiger partial charge is 0.251 e. The molecule has 1 unspecified atom stereocenters. The molecule has 0 radical (unpaired) electrons. The van der Waals surface area contributed by atoms with Gasteiger partial charge in [-0.2, -0.15) is 5.10 Å². The number of carbonyl (C=O) groups excluding carboxylic acids is 1. The molecular formula is C18H25N3O3. The van der Waals surface area contributed by atoms with Gasteiger partial charge in [-0.25, -0.2) is 0 Å². The molecule has 6 heteroatoms. The van der Waals surface area contributed by atoms with Crippen LogP contribution in [0.4, 0.5) is 0 Å². The van der Waals surface area contributed by atoms with Gasteiger partial charge in [0.15, 0.2) is 0 Å². The van der Waals surface area contributed by atoms with Crippen molar-refractivity contribution in [3.63, 3.8) is 0 Å². The lowest BCUT2D eigenvalue weighted by molar-refractivity contribution is 0.0526. The molecule has 130 valence electrons. The summed E-state index contributed by atoms with van der Waals surface area (Å²) in [6, 6.07) is 7.00. The molecule has 0 aliphatic carbocycles. The molecule has 0 spiro atoms. The molecule has 2 aromatic rings. The molecule has 2 N–H and O–H groups in total. The van der Waals surface area contributed by atoms with E-state index in [1.54, 1.807) is 55.3 Å². The van der Waals surface area contributed by atoms with Gasteiger partial charge < -0.3 is 15.2 Å². The van der Waals surface area contributed by atoms with E-state index < -0.39 is 5.60 Å². The van der Waals surface area contributed by atoms with E-state index in [9.17, 15) is 9.90 Å². The highest BCUT2D eigenvalue weighted by Crippen LogP contribution is 2.19. The number of benzene rings is 1. The molecule has 0 bridgehead atoms. The van der Waals surface area contributed by atoms with Crippen LogP contribution in [0, 0.1) is 0 Å². The van der Waals surface area contributed by atoms with Crippen LogP contribution >= 0.6 is 0 Å². The predicted octanol–water partition coefficient (Wildman–Crippen LogP) is 2.24. The summed E-state index contributed by atoms with van der Waals surface area (Å²) >= 11 is 0. The fourth-order valence-corrected chi connectivity index (χ4v) is 2.19. The molecule has 0 aliphatic rings. The molecule has 2 rings (SSSR count). The van der Waals surface area contributed by atoms with E-state index in [1.165, 1.54) is 0 Å². The predicted molar refractivity (Wildman–Crippen MR) is 92.0 cm³/mol. The molecule has 0 saturated heterocycles. The largest absolute Gasteiger partial charge is 0.494 e. The third-order valence-electron chi connectivity index (χ3n) is 3.80. The first-order valence-corrected chi connectivity index (χ1v) is 8.15. The molecule has 1 aromatic heterocycles. The second-order valence-electron chi connectivity index (χ2n) is 6.09. The van der Waals surface area contributed by atoms with Crippen molar-refractivity contribution >= 4 is 5.91 Å². The van der Waals surface area contributed by atoms with Crippen molar-refractivity contribution in [1.29, 1.82) is 0 Å². The van der Waals surface area contributed by atoms with E-state index in [-0.39, 0.29) is 12.5 Å². The summed E-state index contributed by atoms with van der Waals surface area (Å²) in [6.07, 6.45) is 5.41. The molecular weight excluding hydrogens is 306 g/mol. The Balaban J connectivity index is 1.90. The second kappa shape index (κ2) is 7.97. The zero-order valence-corrected chi connectivity index (χ0v) is 14.5. The number of carbonyl (C=O) groups is 1. The number of rotatable bonds is 8. The third-order valence-corrected chi connectivity index (χ3v) is 3.80. The van der Waals surface area contributed by atoms with Gasteiger partial charge in [-0.1, -0.05) is 13.3 Å². The first-order valence-electron chi connectivity index (χ1n) is 8.15. The Morgan fingerprint density at radius 3 is 2.67 bits per heavy atom. The third kappa shape index (κ3) is 4.83. The first-order chi connectivity index (χ1) is 11.4. The number of aliphatic hydroxyl groups is 1. The summed E-state index contributed by atoms with van der Waals surface area (Å²) in [5.41, 5.74) is 0.0115. The van der Waals surface area contributed by atoms with Gasteiger partial charge in [0.25, 0.3) is 5.91 Å². The van der Waals surface area contributed by atoms with Crippen molar-refractivity contribution in [1.82, 2.24) is 15.1 Å². The average molecular weight is 331 g/mol. The maximum Gasteiger partial charge on any atom is 0.251 e. The van der Waals surface area contributed by atoms with E-state index in [4.69, 9.17) is 4.74 Å². The van der Waals surface area contributed by atoms with Crippen LogP contribution in [0.1, 0.15) is 42.6 Å². The highest BCUT2D eigenvalue weighted by molar-refractivity contribution is 5.94. The van der Waals surface area contributed by atoms with Crippen LogP contribution < -0.4 is 10.1 Å². The van der Waals surface area contributed by atoms with Crippen LogP contribution in [0.5, 0.6) is 5.75 Å². The molecule has 6 nitrogen and oxygen atoms in total. The van der Waals surface area contributed by atoms with Crippen LogP contribution in [0.3, 0.4) is 0 Å². The van der Waals surface area contributed by atoms with Crippen LogP contribution in [0.15, 0.2) is 36.7 Å². The maximum absolute atomic E-state index is 12.2. The second-order valence-corrected chi connectivity index (χ2v) is 6.09. The highest BCUT2D eigenvalue weighted by atomic mass is 16.5. The molecule has 1 heterocycles. The molecule has 0 saturated carbocycles. The van der Waals surface area contributed by atoms with E-state index in [0.29, 0.717) is 17.7 Å². The van der Waals surface area contributed by atoms with Crippen molar-refractivity contribution < 1.29 is 14.6 Å². The number of hydrogen-bond donors (Lipinski definition) is 2. The normalized spacial score (nSPS) is 13.3. The average Bonchev–Trinajstić information content (AvgIpc) is 3.01. The van der Waals surface area contributed by atoms with Crippen molar-refractivity contribution in [2.45, 2.75) is 32.3 Å². The van der Waals surface area contributed by atoms with Crippen molar-refractivity contribution in [2.24, 2.45) is 7.05 Å². The van der Waals surface area contributed by atoms with Gasteiger partial charge in [0.2, 0.25) is 0 Å². The van der Waals surface area contributed by atoms with Gasteiger partial charge in [-0.15, -0.1) is 0 Å². The molecule has 1 atom stereocenters.